The third kappa shape index (κ3) is 6.76. The molecule has 0 aromatic carbocycles. The molecule has 0 N–H and O–H groups in total. The molecule has 0 aromatic heterocycles. The van der Waals surface area contributed by atoms with Crippen LogP contribution in [0.5, 0.6) is 0 Å². The Kier molecular flexibility index (Phi) is 5.76. The van der Waals surface area contributed by atoms with E-state index in [1.165, 1.54) is 0 Å². The predicted octanol–water partition coefficient (Wildman–Crippen LogP) is 4.55. The SMILES string of the molecule is CS1(C)OS(C)(C)OS(C)(C)OS(C)(C)OS(C)(C)O1. The van der Waals surface area contributed by atoms with Crippen LogP contribution in [0.3, 0.4) is 0 Å². The van der Waals surface area contributed by atoms with Crippen molar-refractivity contribution in [2.75, 3.05) is 62.6 Å². The summed E-state index contributed by atoms with van der Waals surface area (Å²) in [7, 11) is -8.51. The molecule has 0 unspecified atom stereocenters. The van der Waals surface area contributed by atoms with Gasteiger partial charge in [0.15, 0.2) is 0 Å². The maximum Gasteiger partial charge on any atom is 0.0304 e. The van der Waals surface area contributed by atoms with E-state index in [1.54, 1.807) is 0 Å². The molecular weight excluding hydrogens is 360 g/mol. The molecule has 1 rings (SSSR count). The van der Waals surface area contributed by atoms with Crippen LogP contribution in [-0.2, 0) is 18.1 Å². The van der Waals surface area contributed by atoms with Gasteiger partial charge in [0, 0.05) is 62.6 Å². The fraction of sp³-hybridized carbons (Fsp3) is 1.00. The van der Waals surface area contributed by atoms with Gasteiger partial charge in [0.25, 0.3) is 0 Å². The first-order valence-electron chi connectivity index (χ1n) is 5.75. The quantitative estimate of drug-likeness (QED) is 0.607. The summed E-state index contributed by atoms with van der Waals surface area (Å²) >= 11 is 0. The van der Waals surface area contributed by atoms with E-state index < -0.39 is 52.9 Å². The molecule has 0 aromatic rings. The van der Waals surface area contributed by atoms with E-state index in [9.17, 15) is 0 Å². The highest BCUT2D eigenvalue weighted by molar-refractivity contribution is 8.49. The van der Waals surface area contributed by atoms with Crippen molar-refractivity contribution in [2.45, 2.75) is 0 Å². The van der Waals surface area contributed by atoms with Crippen molar-refractivity contribution in [1.82, 2.24) is 0 Å². The Morgan fingerprint density at radius 2 is 0.400 bits per heavy atom. The molecule has 20 heavy (non-hydrogen) atoms. The highest BCUT2D eigenvalue weighted by Gasteiger charge is 2.33. The Bertz CT molecular complexity index is 268. The van der Waals surface area contributed by atoms with E-state index in [0.717, 1.165) is 0 Å². The van der Waals surface area contributed by atoms with Crippen LogP contribution in [-0.4, -0.2) is 62.6 Å². The monoisotopic (exact) mass is 390 g/mol. The molecule has 0 spiro atoms. The van der Waals surface area contributed by atoms with E-state index in [4.69, 9.17) is 18.1 Å². The maximum atomic E-state index is 6.15. The first-order chi connectivity index (χ1) is 8.54. The lowest BCUT2D eigenvalue weighted by molar-refractivity contribution is 0.452. The molecule has 0 amide bonds. The molecule has 1 saturated heterocycles. The summed E-state index contributed by atoms with van der Waals surface area (Å²) in [5.41, 5.74) is 0. The van der Waals surface area contributed by atoms with Crippen molar-refractivity contribution >= 4 is 52.9 Å². The average Bonchev–Trinajstić information content (AvgIpc) is 1.84. The summed E-state index contributed by atoms with van der Waals surface area (Å²) in [4.78, 5) is 0. The van der Waals surface area contributed by atoms with E-state index in [1.807, 2.05) is 62.6 Å². The molecule has 5 nitrogen and oxygen atoms in total. The van der Waals surface area contributed by atoms with Crippen LogP contribution in [0.15, 0.2) is 0 Å². The maximum absolute atomic E-state index is 6.15. The van der Waals surface area contributed by atoms with Gasteiger partial charge in [0.2, 0.25) is 0 Å². The third-order valence-corrected chi connectivity index (χ3v) is 14.7. The Morgan fingerprint density at radius 1 is 0.300 bits per heavy atom. The van der Waals surface area contributed by atoms with Crippen molar-refractivity contribution in [3.8, 4) is 0 Å². The molecule has 0 atom stereocenters. The molecule has 130 valence electrons. The molecule has 0 saturated carbocycles. The van der Waals surface area contributed by atoms with Gasteiger partial charge in [-0.2, -0.15) is 71.1 Å². The van der Waals surface area contributed by atoms with Crippen molar-refractivity contribution in [1.29, 1.82) is 0 Å². The van der Waals surface area contributed by atoms with Gasteiger partial charge >= 0.3 is 0 Å². The lowest BCUT2D eigenvalue weighted by atomic mass is 11.9. The lowest BCUT2D eigenvalue weighted by Crippen LogP contribution is -2.21. The molecule has 10 heteroatoms. The summed E-state index contributed by atoms with van der Waals surface area (Å²) in [6, 6.07) is 0. The summed E-state index contributed by atoms with van der Waals surface area (Å²) < 4.78 is 30.8. The van der Waals surface area contributed by atoms with Crippen molar-refractivity contribution in [2.24, 2.45) is 0 Å². The highest BCUT2D eigenvalue weighted by atomic mass is 32.4. The van der Waals surface area contributed by atoms with E-state index in [2.05, 4.69) is 0 Å². The summed E-state index contributed by atoms with van der Waals surface area (Å²) in [5, 5.41) is 0. The average molecular weight is 391 g/mol. The lowest BCUT2D eigenvalue weighted by Gasteiger charge is -2.58. The molecular formula is C10H30O5S5. The topological polar surface area (TPSA) is 46.2 Å². The zero-order valence-electron chi connectivity index (χ0n) is 14.1. The van der Waals surface area contributed by atoms with Gasteiger partial charge < -0.3 is 0 Å². The molecule has 1 aliphatic rings. The second-order valence-corrected chi connectivity index (χ2v) is 20.2. The minimum absolute atomic E-state index is 1.70. The van der Waals surface area contributed by atoms with Crippen LogP contribution in [0.2, 0.25) is 0 Å². The largest absolute Gasteiger partial charge is 0.175 e. The van der Waals surface area contributed by atoms with Crippen LogP contribution in [0.4, 0.5) is 0 Å². The minimum atomic E-state index is -1.70. The second kappa shape index (κ2) is 5.88. The molecule has 1 heterocycles. The van der Waals surface area contributed by atoms with Gasteiger partial charge in [-0.15, -0.1) is 0 Å². The van der Waals surface area contributed by atoms with Crippen molar-refractivity contribution < 1.29 is 18.1 Å². The molecule has 0 bridgehead atoms. The molecule has 1 aliphatic heterocycles. The van der Waals surface area contributed by atoms with E-state index in [-0.39, 0.29) is 0 Å². The van der Waals surface area contributed by atoms with Crippen LogP contribution in [0, 0.1) is 0 Å². The van der Waals surface area contributed by atoms with Gasteiger partial charge in [-0.1, -0.05) is 0 Å². The van der Waals surface area contributed by atoms with Crippen LogP contribution in [0.1, 0.15) is 0 Å². The smallest absolute Gasteiger partial charge is 0.0304 e. The van der Waals surface area contributed by atoms with Gasteiger partial charge in [0.05, 0.1) is 0 Å². The molecule has 1 fully saturated rings. The van der Waals surface area contributed by atoms with E-state index >= 15 is 0 Å². The minimum Gasteiger partial charge on any atom is -0.175 e. The van der Waals surface area contributed by atoms with Gasteiger partial charge in [0.1, 0.15) is 0 Å². The fourth-order valence-electron chi connectivity index (χ4n) is 2.03. The highest BCUT2D eigenvalue weighted by Crippen LogP contribution is 2.76. The van der Waals surface area contributed by atoms with Crippen LogP contribution >= 0.6 is 52.9 Å². The fourth-order valence-corrected chi connectivity index (χ4v) is 19.3. The first-order valence-corrected chi connectivity index (χ1v) is 17.2. The number of rotatable bonds is 0. The van der Waals surface area contributed by atoms with Crippen molar-refractivity contribution in [3.05, 3.63) is 0 Å². The normalized spacial score (nSPS) is 39.5. The Hall–Kier alpha value is 1.55. The summed E-state index contributed by atoms with van der Waals surface area (Å²) in [5.74, 6) is 0. The second-order valence-electron chi connectivity index (χ2n) is 6.05. The predicted molar refractivity (Wildman–Crippen MR) is 103 cm³/mol. The van der Waals surface area contributed by atoms with Crippen LogP contribution in [0.25, 0.3) is 0 Å². The van der Waals surface area contributed by atoms with Crippen LogP contribution < -0.4 is 0 Å². The molecule has 0 radical (unpaired) electrons. The van der Waals surface area contributed by atoms with Gasteiger partial charge in [-0.05, 0) is 0 Å². The first kappa shape index (κ1) is 19.6. The van der Waals surface area contributed by atoms with Gasteiger partial charge in [-0.3, -0.25) is 0 Å². The van der Waals surface area contributed by atoms with Gasteiger partial charge in [-0.25, -0.2) is 0 Å². The van der Waals surface area contributed by atoms with Crippen molar-refractivity contribution in [3.63, 3.8) is 0 Å². The summed E-state index contributed by atoms with van der Waals surface area (Å²) in [6.45, 7) is 0. The molecule has 0 aliphatic carbocycles. The third-order valence-electron chi connectivity index (χ3n) is 1.64. The number of hydrogen-bond donors (Lipinski definition) is 0. The standard InChI is InChI=1S/C10H30O5S5/c1-16(2)11-17(3,4)13-19(7,8)15-20(9,10)14-18(5,6)12-16/h1-10H3. The Labute approximate surface area is 133 Å². The van der Waals surface area contributed by atoms with E-state index in [0.29, 0.717) is 0 Å². The zero-order valence-corrected chi connectivity index (χ0v) is 18.2. The number of hydrogen-bond acceptors (Lipinski definition) is 5. The zero-order chi connectivity index (χ0) is 16.0. The summed E-state index contributed by atoms with van der Waals surface area (Å²) in [6.07, 6.45) is 19.8. The Balaban J connectivity index is 3.15. The Morgan fingerprint density at radius 3 is 0.500 bits per heavy atom.